The van der Waals surface area contributed by atoms with Crippen LogP contribution in [0.15, 0.2) is 48.5 Å². The fourth-order valence-corrected chi connectivity index (χ4v) is 2.50. The van der Waals surface area contributed by atoms with E-state index in [1.54, 1.807) is 0 Å². The molecule has 0 aromatic heterocycles. The first-order valence-corrected chi connectivity index (χ1v) is 7.12. The molecule has 0 N–H and O–H groups in total. The molecule has 19 heavy (non-hydrogen) atoms. The monoisotopic (exact) mass is 251 g/mol. The molecule has 0 aliphatic rings. The van der Waals surface area contributed by atoms with Crippen molar-refractivity contribution in [1.29, 1.82) is 0 Å². The van der Waals surface area contributed by atoms with E-state index in [9.17, 15) is 0 Å². The van der Waals surface area contributed by atoms with Crippen LogP contribution in [0.3, 0.4) is 0 Å². The zero-order valence-electron chi connectivity index (χ0n) is 12.4. The Morgan fingerprint density at radius 3 is 1.37 bits per heavy atom. The minimum absolute atomic E-state index is 0.554. The van der Waals surface area contributed by atoms with Gasteiger partial charge in [-0.25, -0.2) is 0 Å². The van der Waals surface area contributed by atoms with Crippen LogP contribution in [-0.2, 0) is 0 Å². The summed E-state index contributed by atoms with van der Waals surface area (Å²) in [4.78, 5) is 0. The number of rotatable bonds is 4. The van der Waals surface area contributed by atoms with Crippen molar-refractivity contribution in [2.45, 2.75) is 39.5 Å². The molecule has 0 saturated heterocycles. The smallest absolute Gasteiger partial charge is 0.0205 e. The van der Waals surface area contributed by atoms with Crippen molar-refractivity contribution in [3.8, 4) is 0 Å². The Hall–Kier alpha value is -1.56. The summed E-state index contributed by atoms with van der Waals surface area (Å²) in [5.74, 6) is 1.11. The Morgan fingerprint density at radius 2 is 1.00 bits per heavy atom. The van der Waals surface area contributed by atoms with Gasteiger partial charge in [-0.1, -0.05) is 76.2 Å². The SMILES string of the molecule is CC(C)c1ccccc1[CH]c1ccccc1C(C)C. The van der Waals surface area contributed by atoms with Crippen molar-refractivity contribution >= 4 is 0 Å². The van der Waals surface area contributed by atoms with E-state index in [-0.39, 0.29) is 0 Å². The molecule has 99 valence electrons. The third kappa shape index (κ3) is 3.26. The molecule has 0 fully saturated rings. The second-order valence-corrected chi connectivity index (χ2v) is 5.71. The van der Waals surface area contributed by atoms with Crippen molar-refractivity contribution < 1.29 is 0 Å². The van der Waals surface area contributed by atoms with E-state index < -0.39 is 0 Å². The average molecular weight is 251 g/mol. The van der Waals surface area contributed by atoms with E-state index >= 15 is 0 Å². The predicted octanol–water partition coefficient (Wildman–Crippen LogP) is 5.53. The summed E-state index contributed by atoms with van der Waals surface area (Å²) < 4.78 is 0. The summed E-state index contributed by atoms with van der Waals surface area (Å²) in [6.45, 7) is 9.00. The molecule has 0 aliphatic heterocycles. The molecule has 0 spiro atoms. The first kappa shape index (κ1) is 13.9. The van der Waals surface area contributed by atoms with Gasteiger partial charge >= 0.3 is 0 Å². The Morgan fingerprint density at radius 1 is 0.632 bits per heavy atom. The zero-order chi connectivity index (χ0) is 13.8. The molecule has 0 amide bonds. The summed E-state index contributed by atoms with van der Waals surface area (Å²) >= 11 is 0. The second kappa shape index (κ2) is 6.06. The van der Waals surface area contributed by atoms with Crippen LogP contribution in [0, 0.1) is 6.42 Å². The van der Waals surface area contributed by atoms with Gasteiger partial charge in [0.05, 0.1) is 0 Å². The quantitative estimate of drug-likeness (QED) is 0.669. The van der Waals surface area contributed by atoms with Gasteiger partial charge in [0.15, 0.2) is 0 Å². The lowest BCUT2D eigenvalue weighted by Gasteiger charge is -2.16. The lowest BCUT2D eigenvalue weighted by atomic mass is 9.89. The van der Waals surface area contributed by atoms with Gasteiger partial charge in [0.25, 0.3) is 0 Å². The molecule has 2 rings (SSSR count). The van der Waals surface area contributed by atoms with Gasteiger partial charge in [0, 0.05) is 6.42 Å². The van der Waals surface area contributed by atoms with Crippen LogP contribution in [0.25, 0.3) is 0 Å². The number of hydrogen-bond acceptors (Lipinski definition) is 0. The molecule has 2 aromatic rings. The van der Waals surface area contributed by atoms with Gasteiger partial charge in [0.2, 0.25) is 0 Å². The summed E-state index contributed by atoms with van der Waals surface area (Å²) in [5.41, 5.74) is 5.51. The van der Waals surface area contributed by atoms with Gasteiger partial charge in [-0.15, -0.1) is 0 Å². The van der Waals surface area contributed by atoms with Gasteiger partial charge in [-0.3, -0.25) is 0 Å². The van der Waals surface area contributed by atoms with Crippen LogP contribution in [-0.4, -0.2) is 0 Å². The first-order valence-electron chi connectivity index (χ1n) is 7.12. The molecule has 0 bridgehead atoms. The van der Waals surface area contributed by atoms with Crippen molar-refractivity contribution in [2.24, 2.45) is 0 Å². The van der Waals surface area contributed by atoms with Gasteiger partial charge in [-0.05, 0) is 34.1 Å². The van der Waals surface area contributed by atoms with E-state index in [0.29, 0.717) is 11.8 Å². The minimum atomic E-state index is 0.554. The highest BCUT2D eigenvalue weighted by Crippen LogP contribution is 2.27. The Kier molecular flexibility index (Phi) is 4.42. The molecule has 0 heterocycles. The van der Waals surface area contributed by atoms with Gasteiger partial charge in [-0.2, -0.15) is 0 Å². The maximum atomic E-state index is 2.32. The molecule has 1 radical (unpaired) electrons. The molecule has 0 heteroatoms. The Bertz CT molecular complexity index is 486. The Labute approximate surface area is 117 Å². The third-order valence-electron chi connectivity index (χ3n) is 3.55. The van der Waals surface area contributed by atoms with Crippen molar-refractivity contribution in [2.75, 3.05) is 0 Å². The van der Waals surface area contributed by atoms with Gasteiger partial charge in [0.1, 0.15) is 0 Å². The van der Waals surface area contributed by atoms with E-state index in [2.05, 4.69) is 82.6 Å². The maximum absolute atomic E-state index is 2.32. The van der Waals surface area contributed by atoms with Crippen LogP contribution < -0.4 is 0 Å². The minimum Gasteiger partial charge on any atom is -0.0620 e. The highest BCUT2D eigenvalue weighted by atomic mass is 14.1. The zero-order valence-corrected chi connectivity index (χ0v) is 12.4. The van der Waals surface area contributed by atoms with E-state index in [0.717, 1.165) is 0 Å². The molecule has 2 aromatic carbocycles. The lowest BCUT2D eigenvalue weighted by Crippen LogP contribution is -1.99. The molecule has 0 saturated carbocycles. The Balaban J connectivity index is 2.37. The van der Waals surface area contributed by atoms with Crippen molar-refractivity contribution in [3.63, 3.8) is 0 Å². The van der Waals surface area contributed by atoms with E-state index in [1.165, 1.54) is 22.3 Å². The van der Waals surface area contributed by atoms with E-state index in [4.69, 9.17) is 0 Å². The largest absolute Gasteiger partial charge is 0.0620 e. The molecular formula is C19H23. The van der Waals surface area contributed by atoms with Crippen LogP contribution in [0.2, 0.25) is 0 Å². The summed E-state index contributed by atoms with van der Waals surface area (Å²) in [6.07, 6.45) is 2.32. The fourth-order valence-electron chi connectivity index (χ4n) is 2.50. The number of benzene rings is 2. The van der Waals surface area contributed by atoms with Crippen LogP contribution >= 0.6 is 0 Å². The van der Waals surface area contributed by atoms with Crippen LogP contribution in [0.5, 0.6) is 0 Å². The van der Waals surface area contributed by atoms with Crippen molar-refractivity contribution in [1.82, 2.24) is 0 Å². The average Bonchev–Trinajstić information content (AvgIpc) is 2.39. The third-order valence-corrected chi connectivity index (χ3v) is 3.55. The van der Waals surface area contributed by atoms with Crippen molar-refractivity contribution in [3.05, 3.63) is 77.2 Å². The molecule has 0 unspecified atom stereocenters. The molecule has 0 nitrogen and oxygen atoms in total. The second-order valence-electron chi connectivity index (χ2n) is 5.71. The summed E-state index contributed by atoms with van der Waals surface area (Å²) in [5, 5.41) is 0. The van der Waals surface area contributed by atoms with E-state index in [1.807, 2.05) is 0 Å². The number of hydrogen-bond donors (Lipinski definition) is 0. The fraction of sp³-hybridized carbons (Fsp3) is 0.316. The predicted molar refractivity (Wildman–Crippen MR) is 83.6 cm³/mol. The topological polar surface area (TPSA) is 0 Å². The normalized spacial score (nSPS) is 11.3. The van der Waals surface area contributed by atoms with Gasteiger partial charge < -0.3 is 0 Å². The van der Waals surface area contributed by atoms with Crippen LogP contribution in [0.4, 0.5) is 0 Å². The maximum Gasteiger partial charge on any atom is 0.0205 e. The standard InChI is InChI=1S/C19H23/c1-14(2)18-11-7-5-9-16(18)13-17-10-6-8-12-19(17)15(3)4/h5-15H,1-4H3. The molecular weight excluding hydrogens is 228 g/mol. The first-order chi connectivity index (χ1) is 9.09. The summed E-state index contributed by atoms with van der Waals surface area (Å²) in [6, 6.07) is 17.4. The lowest BCUT2D eigenvalue weighted by molar-refractivity contribution is 0.850. The van der Waals surface area contributed by atoms with Crippen LogP contribution in [0.1, 0.15) is 61.8 Å². The highest BCUT2D eigenvalue weighted by molar-refractivity contribution is 5.46. The molecule has 0 aliphatic carbocycles. The summed E-state index contributed by atoms with van der Waals surface area (Å²) in [7, 11) is 0. The molecule has 0 atom stereocenters. The highest BCUT2D eigenvalue weighted by Gasteiger charge is 2.10.